The third-order valence-electron chi connectivity index (χ3n) is 3.78. The maximum absolute atomic E-state index is 12.0. The zero-order chi connectivity index (χ0) is 14.5. The molecule has 1 aliphatic heterocycles. The maximum Gasteiger partial charge on any atom is 0.249 e. The number of carbonyl (C=O) groups is 1. The lowest BCUT2D eigenvalue weighted by Gasteiger charge is -2.13. The summed E-state index contributed by atoms with van der Waals surface area (Å²) in [6, 6.07) is 8.35. The fourth-order valence-corrected chi connectivity index (χ4v) is 2.40. The molecule has 1 saturated heterocycles. The van der Waals surface area contributed by atoms with Crippen molar-refractivity contribution >= 4 is 18.3 Å². The first kappa shape index (κ1) is 18.0. The Morgan fingerprint density at radius 2 is 2.00 bits per heavy atom. The summed E-state index contributed by atoms with van der Waals surface area (Å²) in [5.41, 5.74) is 7.96. The minimum Gasteiger partial charge on any atom is -0.364 e. The lowest BCUT2D eigenvalue weighted by atomic mass is 10.0. The minimum atomic E-state index is -0.335. The number of halogens is 1. The van der Waals surface area contributed by atoms with Gasteiger partial charge in [-0.15, -0.1) is 12.4 Å². The highest BCUT2D eigenvalue weighted by atomic mass is 35.5. The summed E-state index contributed by atoms with van der Waals surface area (Å²) in [5, 5.41) is 2.93. The summed E-state index contributed by atoms with van der Waals surface area (Å²) in [5.74, 6) is 0.493. The van der Waals surface area contributed by atoms with Crippen LogP contribution < -0.4 is 11.1 Å². The summed E-state index contributed by atoms with van der Waals surface area (Å²) >= 11 is 0. The Labute approximate surface area is 132 Å². The normalized spacial score (nSPS) is 21.1. The van der Waals surface area contributed by atoms with Crippen LogP contribution in [0.2, 0.25) is 0 Å². The number of rotatable bonds is 5. The second kappa shape index (κ2) is 8.37. The summed E-state index contributed by atoms with van der Waals surface area (Å²) in [7, 11) is 0. The Bertz CT molecular complexity index is 448. The van der Waals surface area contributed by atoms with Crippen LogP contribution >= 0.6 is 12.4 Å². The second-order valence-electron chi connectivity index (χ2n) is 5.67. The Morgan fingerprint density at radius 3 is 2.52 bits per heavy atom. The molecule has 21 heavy (non-hydrogen) atoms. The minimum absolute atomic E-state index is 0. The molecule has 0 aliphatic carbocycles. The molecule has 0 aromatic heterocycles. The molecule has 0 unspecified atom stereocenters. The van der Waals surface area contributed by atoms with Gasteiger partial charge in [-0.3, -0.25) is 4.79 Å². The molecule has 1 aliphatic rings. The van der Waals surface area contributed by atoms with Gasteiger partial charge in [-0.2, -0.15) is 0 Å². The number of hydrogen-bond acceptors (Lipinski definition) is 3. The van der Waals surface area contributed by atoms with Crippen molar-refractivity contribution in [3.8, 4) is 0 Å². The first-order chi connectivity index (χ1) is 9.60. The van der Waals surface area contributed by atoms with Gasteiger partial charge in [0, 0.05) is 13.1 Å². The number of amides is 1. The van der Waals surface area contributed by atoms with Crippen LogP contribution in [0.3, 0.4) is 0 Å². The van der Waals surface area contributed by atoms with Crippen LogP contribution in [0.15, 0.2) is 24.3 Å². The molecule has 0 spiro atoms. The fraction of sp³-hybridized carbons (Fsp3) is 0.562. The van der Waals surface area contributed by atoms with Crippen molar-refractivity contribution in [3.05, 3.63) is 35.4 Å². The predicted molar refractivity (Wildman–Crippen MR) is 86.6 cm³/mol. The van der Waals surface area contributed by atoms with Crippen LogP contribution in [0, 0.1) is 0 Å². The van der Waals surface area contributed by atoms with E-state index in [4.69, 9.17) is 10.5 Å². The van der Waals surface area contributed by atoms with Crippen LogP contribution in [0.25, 0.3) is 0 Å². The topological polar surface area (TPSA) is 64.4 Å². The number of carbonyl (C=O) groups excluding carboxylic acids is 1. The van der Waals surface area contributed by atoms with Crippen molar-refractivity contribution in [2.24, 2.45) is 5.73 Å². The molecule has 1 amide bonds. The van der Waals surface area contributed by atoms with Gasteiger partial charge in [0.1, 0.15) is 6.10 Å². The molecular formula is C16H25ClN2O2. The van der Waals surface area contributed by atoms with E-state index in [0.29, 0.717) is 19.0 Å². The molecule has 1 fully saturated rings. The van der Waals surface area contributed by atoms with Crippen molar-refractivity contribution in [2.75, 3.05) is 6.54 Å². The Morgan fingerprint density at radius 1 is 1.33 bits per heavy atom. The fourth-order valence-electron chi connectivity index (χ4n) is 2.40. The molecule has 0 saturated carbocycles. The van der Waals surface area contributed by atoms with Crippen LogP contribution in [-0.2, 0) is 16.1 Å². The molecule has 4 nitrogen and oxygen atoms in total. The van der Waals surface area contributed by atoms with Crippen molar-refractivity contribution < 1.29 is 9.53 Å². The predicted octanol–water partition coefficient (Wildman–Crippen LogP) is 2.35. The molecule has 1 aromatic carbocycles. The first-order valence-corrected chi connectivity index (χ1v) is 7.32. The van der Waals surface area contributed by atoms with Gasteiger partial charge < -0.3 is 15.8 Å². The SMILES string of the molecule is CC(C)c1ccc(CNC(=O)[C@@H]2CC[C@H](CN)O2)cc1.Cl. The van der Waals surface area contributed by atoms with Crippen molar-refractivity contribution in [1.82, 2.24) is 5.32 Å². The highest BCUT2D eigenvalue weighted by Gasteiger charge is 2.29. The molecule has 1 aromatic rings. The highest BCUT2D eigenvalue weighted by molar-refractivity contribution is 5.85. The van der Waals surface area contributed by atoms with Crippen molar-refractivity contribution in [2.45, 2.75) is 51.4 Å². The summed E-state index contributed by atoms with van der Waals surface area (Å²) < 4.78 is 5.57. The van der Waals surface area contributed by atoms with E-state index >= 15 is 0 Å². The molecule has 1 heterocycles. The van der Waals surface area contributed by atoms with Gasteiger partial charge in [-0.25, -0.2) is 0 Å². The van der Waals surface area contributed by atoms with Crippen LogP contribution in [0.5, 0.6) is 0 Å². The smallest absolute Gasteiger partial charge is 0.249 e. The average Bonchev–Trinajstić information content (AvgIpc) is 2.94. The number of hydrogen-bond donors (Lipinski definition) is 2. The lowest BCUT2D eigenvalue weighted by Crippen LogP contribution is -2.35. The maximum atomic E-state index is 12.0. The Hall–Kier alpha value is -1.10. The van der Waals surface area contributed by atoms with E-state index in [0.717, 1.165) is 18.4 Å². The zero-order valence-electron chi connectivity index (χ0n) is 12.7. The molecule has 2 atom stereocenters. The summed E-state index contributed by atoms with van der Waals surface area (Å²) in [6.45, 7) is 5.37. The molecule has 5 heteroatoms. The van der Waals surface area contributed by atoms with Crippen LogP contribution in [-0.4, -0.2) is 24.7 Å². The molecule has 118 valence electrons. The summed E-state index contributed by atoms with van der Waals surface area (Å²) in [4.78, 5) is 12.0. The third-order valence-corrected chi connectivity index (χ3v) is 3.78. The molecular weight excluding hydrogens is 288 g/mol. The molecule has 2 rings (SSSR count). The third kappa shape index (κ3) is 4.99. The standard InChI is InChI=1S/C16H24N2O2.ClH/c1-11(2)13-5-3-12(4-6-13)10-18-16(19)15-8-7-14(9-17)20-15;/h3-6,11,14-15H,7-10,17H2,1-2H3,(H,18,19);1H/t14-,15+;/m1./s1. The zero-order valence-corrected chi connectivity index (χ0v) is 13.5. The van der Waals surface area contributed by atoms with Crippen LogP contribution in [0.1, 0.15) is 43.7 Å². The molecule has 0 radical (unpaired) electrons. The van der Waals surface area contributed by atoms with Gasteiger partial charge in [-0.05, 0) is 29.9 Å². The van der Waals surface area contributed by atoms with Gasteiger partial charge in [-0.1, -0.05) is 38.1 Å². The van der Waals surface area contributed by atoms with Gasteiger partial charge in [0.25, 0.3) is 0 Å². The second-order valence-corrected chi connectivity index (χ2v) is 5.67. The Balaban J connectivity index is 0.00000220. The van der Waals surface area contributed by atoms with E-state index < -0.39 is 0 Å². The monoisotopic (exact) mass is 312 g/mol. The van der Waals surface area contributed by atoms with E-state index in [-0.39, 0.29) is 30.5 Å². The largest absolute Gasteiger partial charge is 0.364 e. The molecule has 0 bridgehead atoms. The van der Waals surface area contributed by atoms with E-state index in [1.165, 1.54) is 5.56 Å². The van der Waals surface area contributed by atoms with Crippen molar-refractivity contribution in [1.29, 1.82) is 0 Å². The lowest BCUT2D eigenvalue weighted by molar-refractivity contribution is -0.132. The number of nitrogens with two attached hydrogens (primary N) is 1. The first-order valence-electron chi connectivity index (χ1n) is 7.32. The highest BCUT2D eigenvalue weighted by Crippen LogP contribution is 2.19. The van der Waals surface area contributed by atoms with Crippen molar-refractivity contribution in [3.63, 3.8) is 0 Å². The van der Waals surface area contributed by atoms with Gasteiger partial charge in [0.15, 0.2) is 0 Å². The van der Waals surface area contributed by atoms with Crippen LogP contribution in [0.4, 0.5) is 0 Å². The van der Waals surface area contributed by atoms with E-state index in [9.17, 15) is 4.79 Å². The number of benzene rings is 1. The van der Waals surface area contributed by atoms with E-state index in [1.54, 1.807) is 0 Å². The summed E-state index contributed by atoms with van der Waals surface area (Å²) in [6.07, 6.45) is 1.34. The molecule has 3 N–H and O–H groups in total. The van der Waals surface area contributed by atoms with E-state index in [1.807, 2.05) is 0 Å². The quantitative estimate of drug-likeness (QED) is 0.877. The Kier molecular flexibility index (Phi) is 7.15. The van der Waals surface area contributed by atoms with Gasteiger partial charge in [0.2, 0.25) is 5.91 Å². The number of ether oxygens (including phenoxy) is 1. The van der Waals surface area contributed by atoms with Gasteiger partial charge >= 0.3 is 0 Å². The van der Waals surface area contributed by atoms with Gasteiger partial charge in [0.05, 0.1) is 6.10 Å². The number of nitrogens with one attached hydrogen (secondary N) is 1. The average molecular weight is 313 g/mol. The van der Waals surface area contributed by atoms with E-state index in [2.05, 4.69) is 43.4 Å².